The van der Waals surface area contributed by atoms with E-state index in [2.05, 4.69) is 4.74 Å². The van der Waals surface area contributed by atoms with Crippen molar-refractivity contribution in [2.45, 2.75) is 18.7 Å². The SMILES string of the molecule is COC(=O)c1ccc(NC(=O)C(C)(O)C(F)(F)F)cc1Cl. The zero-order chi connectivity index (χ0) is 16.4. The predicted molar refractivity (Wildman–Crippen MR) is 68.1 cm³/mol. The number of aliphatic hydroxyl groups is 1. The van der Waals surface area contributed by atoms with E-state index in [9.17, 15) is 27.9 Å². The Bertz CT molecular complexity index is 572. The van der Waals surface area contributed by atoms with Crippen molar-refractivity contribution < 1.29 is 32.6 Å². The van der Waals surface area contributed by atoms with Gasteiger partial charge in [0.15, 0.2) is 0 Å². The minimum absolute atomic E-state index is 0.0141. The van der Waals surface area contributed by atoms with Gasteiger partial charge in [0.2, 0.25) is 5.60 Å². The molecule has 1 unspecified atom stereocenters. The molecule has 5 nitrogen and oxygen atoms in total. The Morgan fingerprint density at radius 1 is 1.33 bits per heavy atom. The second-order valence-corrected chi connectivity index (χ2v) is 4.62. The van der Waals surface area contributed by atoms with Crippen molar-refractivity contribution in [1.29, 1.82) is 0 Å². The number of carbonyl (C=O) groups is 2. The molecule has 1 atom stereocenters. The van der Waals surface area contributed by atoms with Gasteiger partial charge >= 0.3 is 12.1 Å². The van der Waals surface area contributed by atoms with Gasteiger partial charge in [-0.05, 0) is 25.1 Å². The minimum atomic E-state index is -5.13. The van der Waals surface area contributed by atoms with E-state index < -0.39 is 23.7 Å². The molecule has 1 aromatic rings. The first-order chi connectivity index (χ1) is 9.50. The predicted octanol–water partition coefficient (Wildman–Crippen LogP) is 2.38. The third kappa shape index (κ3) is 3.64. The summed E-state index contributed by atoms with van der Waals surface area (Å²) < 4.78 is 41.9. The van der Waals surface area contributed by atoms with Gasteiger partial charge in [-0.15, -0.1) is 0 Å². The summed E-state index contributed by atoms with van der Waals surface area (Å²) >= 11 is 5.75. The minimum Gasteiger partial charge on any atom is -0.465 e. The van der Waals surface area contributed by atoms with Crippen LogP contribution in [0.15, 0.2) is 18.2 Å². The number of rotatable bonds is 3. The van der Waals surface area contributed by atoms with Gasteiger partial charge in [0.05, 0.1) is 17.7 Å². The van der Waals surface area contributed by atoms with E-state index in [1.165, 1.54) is 6.07 Å². The Kier molecular flexibility index (Phi) is 4.85. The number of ether oxygens (including phenoxy) is 1. The Morgan fingerprint density at radius 3 is 2.33 bits per heavy atom. The van der Waals surface area contributed by atoms with Gasteiger partial charge < -0.3 is 15.2 Å². The summed E-state index contributed by atoms with van der Waals surface area (Å²) in [6.45, 7) is 0.326. The number of hydrogen-bond donors (Lipinski definition) is 2. The summed E-state index contributed by atoms with van der Waals surface area (Å²) in [5.74, 6) is -2.41. The lowest BCUT2D eigenvalue weighted by Crippen LogP contribution is -2.52. The number of benzene rings is 1. The Labute approximate surface area is 122 Å². The molecule has 1 aromatic carbocycles. The highest BCUT2D eigenvalue weighted by Gasteiger charge is 2.55. The number of hydrogen-bond acceptors (Lipinski definition) is 4. The van der Waals surface area contributed by atoms with Gasteiger partial charge in [0, 0.05) is 5.69 Å². The average Bonchev–Trinajstić information content (AvgIpc) is 2.36. The van der Waals surface area contributed by atoms with Crippen LogP contribution in [0.5, 0.6) is 0 Å². The zero-order valence-electron chi connectivity index (χ0n) is 10.9. The zero-order valence-corrected chi connectivity index (χ0v) is 11.7. The van der Waals surface area contributed by atoms with E-state index in [1.807, 2.05) is 5.32 Å². The van der Waals surface area contributed by atoms with Crippen LogP contribution in [0.1, 0.15) is 17.3 Å². The fraction of sp³-hybridized carbons (Fsp3) is 0.333. The molecular formula is C12H11ClF3NO4. The molecule has 1 amide bonds. The summed E-state index contributed by atoms with van der Waals surface area (Å²) in [5.41, 5.74) is -3.68. The second kappa shape index (κ2) is 5.90. The van der Waals surface area contributed by atoms with Crippen LogP contribution >= 0.6 is 11.6 Å². The van der Waals surface area contributed by atoms with Crippen molar-refractivity contribution in [2.24, 2.45) is 0 Å². The number of esters is 1. The van der Waals surface area contributed by atoms with Crippen molar-refractivity contribution in [2.75, 3.05) is 12.4 Å². The van der Waals surface area contributed by atoms with Gasteiger partial charge in [0.25, 0.3) is 5.91 Å². The van der Waals surface area contributed by atoms with Crippen LogP contribution in [0.3, 0.4) is 0 Å². The van der Waals surface area contributed by atoms with E-state index in [0.717, 1.165) is 19.2 Å². The lowest BCUT2D eigenvalue weighted by atomic mass is 10.1. The van der Waals surface area contributed by atoms with Crippen LogP contribution in [0, 0.1) is 0 Å². The van der Waals surface area contributed by atoms with E-state index in [1.54, 1.807) is 0 Å². The molecule has 0 aliphatic carbocycles. The number of halogens is 4. The molecular weight excluding hydrogens is 315 g/mol. The Morgan fingerprint density at radius 2 is 1.90 bits per heavy atom. The van der Waals surface area contributed by atoms with Gasteiger partial charge in [-0.25, -0.2) is 4.79 Å². The standard InChI is InChI=1S/C12H11ClF3NO4/c1-11(20,12(14,15)16)10(19)17-6-3-4-7(8(13)5-6)9(18)21-2/h3-5,20H,1-2H3,(H,17,19). The first kappa shape index (κ1) is 17.3. The van der Waals surface area contributed by atoms with Crippen LogP contribution in [-0.2, 0) is 9.53 Å². The largest absolute Gasteiger partial charge is 0.465 e. The van der Waals surface area contributed by atoms with E-state index in [4.69, 9.17) is 11.6 Å². The molecule has 0 heterocycles. The van der Waals surface area contributed by atoms with E-state index in [0.29, 0.717) is 6.92 Å². The fourth-order valence-electron chi connectivity index (χ4n) is 1.25. The molecule has 1 rings (SSSR count). The quantitative estimate of drug-likeness (QED) is 0.837. The molecule has 0 bridgehead atoms. The van der Waals surface area contributed by atoms with Gasteiger partial charge in [-0.3, -0.25) is 4.79 Å². The molecule has 0 spiro atoms. The normalized spacial score (nSPS) is 14.2. The molecule has 21 heavy (non-hydrogen) atoms. The van der Waals surface area contributed by atoms with Crippen molar-refractivity contribution in [3.05, 3.63) is 28.8 Å². The molecule has 0 aliphatic heterocycles. The first-order valence-corrected chi connectivity index (χ1v) is 5.87. The van der Waals surface area contributed by atoms with Crippen LogP contribution in [0.25, 0.3) is 0 Å². The summed E-state index contributed by atoms with van der Waals surface area (Å²) in [4.78, 5) is 22.7. The van der Waals surface area contributed by atoms with Crippen molar-refractivity contribution in [1.82, 2.24) is 0 Å². The molecule has 0 saturated heterocycles. The first-order valence-electron chi connectivity index (χ1n) is 5.49. The van der Waals surface area contributed by atoms with E-state index in [-0.39, 0.29) is 16.3 Å². The number of amides is 1. The van der Waals surface area contributed by atoms with Crippen LogP contribution < -0.4 is 5.32 Å². The molecule has 0 aliphatic rings. The molecule has 116 valence electrons. The summed E-state index contributed by atoms with van der Waals surface area (Å²) in [5, 5.41) is 10.9. The average molecular weight is 326 g/mol. The molecule has 2 N–H and O–H groups in total. The maximum atomic E-state index is 12.5. The number of nitrogens with one attached hydrogen (secondary N) is 1. The Balaban J connectivity index is 2.98. The maximum Gasteiger partial charge on any atom is 0.426 e. The van der Waals surface area contributed by atoms with Gasteiger partial charge in [-0.1, -0.05) is 11.6 Å². The second-order valence-electron chi connectivity index (χ2n) is 4.21. The van der Waals surface area contributed by atoms with Gasteiger partial charge in [0.1, 0.15) is 0 Å². The fourth-order valence-corrected chi connectivity index (χ4v) is 1.51. The highest BCUT2D eigenvalue weighted by Crippen LogP contribution is 2.31. The maximum absolute atomic E-state index is 12.5. The smallest absolute Gasteiger partial charge is 0.426 e. The summed E-state index contributed by atoms with van der Waals surface area (Å²) in [7, 11) is 1.13. The number of anilines is 1. The van der Waals surface area contributed by atoms with Gasteiger partial charge in [-0.2, -0.15) is 13.2 Å². The third-order valence-electron chi connectivity index (χ3n) is 2.63. The van der Waals surface area contributed by atoms with Crippen LogP contribution in [-0.4, -0.2) is 35.9 Å². The number of methoxy groups -OCH3 is 1. The summed E-state index contributed by atoms with van der Waals surface area (Å²) in [6, 6.07) is 3.40. The highest BCUT2D eigenvalue weighted by molar-refractivity contribution is 6.34. The van der Waals surface area contributed by atoms with Crippen molar-refractivity contribution >= 4 is 29.2 Å². The third-order valence-corrected chi connectivity index (χ3v) is 2.94. The Hall–Kier alpha value is -1.80. The summed E-state index contributed by atoms with van der Waals surface area (Å²) in [6.07, 6.45) is -5.13. The van der Waals surface area contributed by atoms with Crippen molar-refractivity contribution in [3.63, 3.8) is 0 Å². The molecule has 0 fully saturated rings. The molecule has 0 saturated carbocycles. The van der Waals surface area contributed by atoms with E-state index >= 15 is 0 Å². The monoisotopic (exact) mass is 325 g/mol. The highest BCUT2D eigenvalue weighted by atomic mass is 35.5. The van der Waals surface area contributed by atoms with Crippen LogP contribution in [0.2, 0.25) is 5.02 Å². The van der Waals surface area contributed by atoms with Crippen molar-refractivity contribution in [3.8, 4) is 0 Å². The molecule has 0 aromatic heterocycles. The number of alkyl halides is 3. The molecule has 0 radical (unpaired) electrons. The lowest BCUT2D eigenvalue weighted by molar-refractivity contribution is -0.242. The lowest BCUT2D eigenvalue weighted by Gasteiger charge is -2.24. The molecule has 9 heteroatoms. The van der Waals surface area contributed by atoms with Crippen LogP contribution in [0.4, 0.5) is 18.9 Å². The number of carbonyl (C=O) groups excluding carboxylic acids is 2. The topological polar surface area (TPSA) is 75.6 Å².